The lowest BCUT2D eigenvalue weighted by Crippen LogP contribution is -2.22. The van der Waals surface area contributed by atoms with Crippen molar-refractivity contribution in [3.8, 4) is 0 Å². The van der Waals surface area contributed by atoms with Gasteiger partial charge < -0.3 is 0 Å². The minimum atomic E-state index is 1.41. The van der Waals surface area contributed by atoms with Crippen molar-refractivity contribution in [3.05, 3.63) is 22.3 Å². The van der Waals surface area contributed by atoms with Gasteiger partial charge in [0.05, 0.1) is 0 Å². The number of hydrogen-bond donors (Lipinski definition) is 0. The van der Waals surface area contributed by atoms with E-state index in [0.29, 0.717) is 0 Å². The Bertz CT molecular complexity index is 227. The lowest BCUT2D eigenvalue weighted by molar-refractivity contribution is 0.607. The zero-order valence-electron chi connectivity index (χ0n) is 6.24. The third kappa shape index (κ3) is 0.416. The molecule has 0 nitrogen and oxygen atoms in total. The Morgan fingerprint density at radius 3 is 1.30 bits per heavy atom. The SMILES string of the molecule is C1CCC2=C(C1)C1=C2CC1. The van der Waals surface area contributed by atoms with Gasteiger partial charge in [0.25, 0.3) is 0 Å². The highest BCUT2D eigenvalue weighted by Gasteiger charge is 2.34. The summed E-state index contributed by atoms with van der Waals surface area (Å²) < 4.78 is 0. The standard InChI is InChI=1S/C10H12/c1-2-4-8-7(3-1)9-5-6-10(8)9/h1-6H2. The van der Waals surface area contributed by atoms with Crippen molar-refractivity contribution in [2.75, 3.05) is 0 Å². The van der Waals surface area contributed by atoms with Gasteiger partial charge in [-0.05, 0) is 60.8 Å². The molecule has 0 spiro atoms. The third-order valence-electron chi connectivity index (χ3n) is 3.19. The van der Waals surface area contributed by atoms with Crippen LogP contribution in [0.3, 0.4) is 0 Å². The summed E-state index contributed by atoms with van der Waals surface area (Å²) in [4.78, 5) is 0. The van der Waals surface area contributed by atoms with Crippen LogP contribution < -0.4 is 0 Å². The van der Waals surface area contributed by atoms with E-state index in [2.05, 4.69) is 0 Å². The summed E-state index contributed by atoms with van der Waals surface area (Å²) >= 11 is 0. The van der Waals surface area contributed by atoms with Crippen LogP contribution in [-0.4, -0.2) is 0 Å². The van der Waals surface area contributed by atoms with Crippen molar-refractivity contribution in [1.29, 1.82) is 0 Å². The zero-order chi connectivity index (χ0) is 6.55. The van der Waals surface area contributed by atoms with Crippen molar-refractivity contribution < 1.29 is 0 Å². The first-order chi connectivity index (χ1) is 4.97. The minimum absolute atomic E-state index is 1.41. The van der Waals surface area contributed by atoms with E-state index in [1.165, 1.54) is 38.5 Å². The third-order valence-corrected chi connectivity index (χ3v) is 3.19. The smallest absolute Gasteiger partial charge is 0.0232 e. The molecule has 0 heteroatoms. The van der Waals surface area contributed by atoms with Gasteiger partial charge in [0, 0.05) is 0 Å². The van der Waals surface area contributed by atoms with Crippen LogP contribution in [0.1, 0.15) is 38.5 Å². The van der Waals surface area contributed by atoms with Crippen LogP contribution in [-0.2, 0) is 0 Å². The molecule has 0 fully saturated rings. The molecule has 52 valence electrons. The Labute approximate surface area is 61.6 Å². The fraction of sp³-hybridized carbons (Fsp3) is 0.600. The molecule has 0 amide bonds. The average molecular weight is 132 g/mol. The fourth-order valence-electron chi connectivity index (χ4n) is 2.55. The predicted octanol–water partition coefficient (Wildman–Crippen LogP) is 2.96. The van der Waals surface area contributed by atoms with Gasteiger partial charge >= 0.3 is 0 Å². The summed E-state index contributed by atoms with van der Waals surface area (Å²) in [6, 6.07) is 0. The van der Waals surface area contributed by atoms with Crippen molar-refractivity contribution in [2.45, 2.75) is 38.5 Å². The molecule has 0 aliphatic heterocycles. The van der Waals surface area contributed by atoms with Gasteiger partial charge in [-0.15, -0.1) is 0 Å². The second-order valence-electron chi connectivity index (χ2n) is 3.62. The predicted molar refractivity (Wildman–Crippen MR) is 41.8 cm³/mol. The van der Waals surface area contributed by atoms with Crippen molar-refractivity contribution >= 4 is 0 Å². The molecule has 0 heterocycles. The second-order valence-corrected chi connectivity index (χ2v) is 3.62. The minimum Gasteiger partial charge on any atom is -0.0489 e. The van der Waals surface area contributed by atoms with E-state index >= 15 is 0 Å². The molecule has 0 N–H and O–H groups in total. The zero-order valence-corrected chi connectivity index (χ0v) is 6.24. The molecule has 0 aromatic rings. The Balaban J connectivity index is 1.99. The molecule has 10 heavy (non-hydrogen) atoms. The molecular formula is C10H12. The van der Waals surface area contributed by atoms with Crippen LogP contribution in [0.25, 0.3) is 0 Å². The first-order valence-corrected chi connectivity index (χ1v) is 4.41. The van der Waals surface area contributed by atoms with Gasteiger partial charge in [0.1, 0.15) is 0 Å². The highest BCUT2D eigenvalue weighted by Crippen LogP contribution is 2.53. The summed E-state index contributed by atoms with van der Waals surface area (Å²) in [5.74, 6) is 0. The topological polar surface area (TPSA) is 0 Å². The molecule has 0 saturated carbocycles. The van der Waals surface area contributed by atoms with Gasteiger partial charge in [0.15, 0.2) is 0 Å². The Hall–Kier alpha value is -0.520. The Morgan fingerprint density at radius 2 is 0.900 bits per heavy atom. The summed E-state index contributed by atoms with van der Waals surface area (Å²) in [6.45, 7) is 0. The highest BCUT2D eigenvalue weighted by atomic mass is 14.4. The largest absolute Gasteiger partial charge is 0.0489 e. The van der Waals surface area contributed by atoms with Crippen molar-refractivity contribution in [2.24, 2.45) is 0 Å². The molecule has 3 aliphatic carbocycles. The average Bonchev–Trinajstić information content (AvgIpc) is 1.90. The first-order valence-electron chi connectivity index (χ1n) is 4.41. The van der Waals surface area contributed by atoms with E-state index in [9.17, 15) is 0 Å². The molecule has 3 aliphatic rings. The van der Waals surface area contributed by atoms with E-state index in [4.69, 9.17) is 0 Å². The molecule has 0 atom stereocenters. The lowest BCUT2D eigenvalue weighted by Gasteiger charge is -2.41. The number of allylic oxidation sites excluding steroid dienone is 4. The molecule has 0 unspecified atom stereocenters. The van der Waals surface area contributed by atoms with Crippen molar-refractivity contribution in [1.82, 2.24) is 0 Å². The van der Waals surface area contributed by atoms with E-state index in [0.717, 1.165) is 0 Å². The number of hydrogen-bond acceptors (Lipinski definition) is 0. The maximum atomic E-state index is 1.78. The van der Waals surface area contributed by atoms with Crippen LogP contribution >= 0.6 is 0 Å². The Kier molecular flexibility index (Phi) is 0.803. The summed E-state index contributed by atoms with van der Waals surface area (Å²) in [6.07, 6.45) is 8.55. The Morgan fingerprint density at radius 1 is 0.500 bits per heavy atom. The van der Waals surface area contributed by atoms with Crippen LogP contribution in [0.15, 0.2) is 22.3 Å². The normalized spacial score (nSPS) is 28.8. The molecule has 3 rings (SSSR count). The lowest BCUT2D eigenvalue weighted by atomic mass is 9.64. The van der Waals surface area contributed by atoms with Crippen LogP contribution in [0.4, 0.5) is 0 Å². The summed E-state index contributed by atoms with van der Waals surface area (Å²) in [5.41, 5.74) is 7.12. The fourth-order valence-corrected chi connectivity index (χ4v) is 2.55. The van der Waals surface area contributed by atoms with E-state index in [-0.39, 0.29) is 0 Å². The molecule has 0 radical (unpaired) electrons. The van der Waals surface area contributed by atoms with Gasteiger partial charge in [-0.25, -0.2) is 0 Å². The van der Waals surface area contributed by atoms with Crippen molar-refractivity contribution in [3.63, 3.8) is 0 Å². The second kappa shape index (κ2) is 1.55. The van der Waals surface area contributed by atoms with Gasteiger partial charge in [-0.1, -0.05) is 0 Å². The molecule has 0 saturated heterocycles. The van der Waals surface area contributed by atoms with Gasteiger partial charge in [0.2, 0.25) is 0 Å². The van der Waals surface area contributed by atoms with Gasteiger partial charge in [-0.2, -0.15) is 0 Å². The van der Waals surface area contributed by atoms with Crippen LogP contribution in [0.5, 0.6) is 0 Å². The van der Waals surface area contributed by atoms with Gasteiger partial charge in [-0.3, -0.25) is 0 Å². The molecule has 0 bridgehead atoms. The van der Waals surface area contributed by atoms with Crippen LogP contribution in [0.2, 0.25) is 0 Å². The van der Waals surface area contributed by atoms with Crippen LogP contribution in [0, 0.1) is 0 Å². The summed E-state index contributed by atoms with van der Waals surface area (Å²) in [5, 5.41) is 0. The molecule has 0 aromatic heterocycles. The quantitative estimate of drug-likeness (QED) is 0.475. The first kappa shape index (κ1) is 5.17. The maximum Gasteiger partial charge on any atom is -0.0232 e. The summed E-state index contributed by atoms with van der Waals surface area (Å²) in [7, 11) is 0. The molecular weight excluding hydrogens is 120 g/mol. The van der Waals surface area contributed by atoms with E-state index in [1.54, 1.807) is 22.3 Å². The molecule has 0 aromatic carbocycles. The number of rotatable bonds is 0. The van der Waals surface area contributed by atoms with E-state index < -0.39 is 0 Å². The monoisotopic (exact) mass is 132 g/mol. The maximum absolute atomic E-state index is 1.78. The number of fused-ring (bicyclic) bond motifs is 2. The van der Waals surface area contributed by atoms with E-state index in [1.807, 2.05) is 0 Å². The highest BCUT2D eigenvalue weighted by molar-refractivity contribution is 5.65.